The molecule has 120 valence electrons. The third-order valence-corrected chi connectivity index (χ3v) is 4.33. The maximum atomic E-state index is 11.6. The molecule has 0 saturated heterocycles. The topological polar surface area (TPSA) is 87.7 Å². The lowest BCUT2D eigenvalue weighted by Gasteiger charge is -2.24. The largest absolute Gasteiger partial charge is 0.486 e. The van der Waals surface area contributed by atoms with Crippen molar-refractivity contribution >= 4 is 17.6 Å². The molecule has 0 aliphatic carbocycles. The molecule has 2 N–H and O–H groups in total. The number of carbonyl (C=O) groups is 1. The molecule has 1 aromatic carbocycles. The molecule has 1 unspecified atom stereocenters. The third-order valence-electron chi connectivity index (χ3n) is 4.05. The number of carboxylic acids is 1. The quantitative estimate of drug-likeness (QED) is 0.891. The highest BCUT2D eigenvalue weighted by Crippen LogP contribution is 2.40. The molecule has 4 rings (SSSR count). The summed E-state index contributed by atoms with van der Waals surface area (Å²) in [5.41, 5.74) is 2.42. The van der Waals surface area contributed by atoms with Crippen molar-refractivity contribution < 1.29 is 19.4 Å². The molecule has 0 bridgehead atoms. The van der Waals surface area contributed by atoms with E-state index >= 15 is 0 Å². The van der Waals surface area contributed by atoms with Crippen molar-refractivity contribution in [1.82, 2.24) is 15.1 Å². The minimum absolute atomic E-state index is 0.440. The number of hydrogen-bond acceptors (Lipinski definition) is 5. The number of ether oxygens (including phenoxy) is 2. The molecular formula is C15H14ClN3O4. The van der Waals surface area contributed by atoms with Crippen LogP contribution < -0.4 is 9.47 Å². The lowest BCUT2D eigenvalue weighted by molar-refractivity contribution is -0.143. The fourth-order valence-corrected chi connectivity index (χ4v) is 3.39. The van der Waals surface area contributed by atoms with Crippen LogP contribution in [0.4, 0.5) is 0 Å². The summed E-state index contributed by atoms with van der Waals surface area (Å²) in [6, 6.07) is 2.93. The minimum Gasteiger partial charge on any atom is -0.486 e. The summed E-state index contributed by atoms with van der Waals surface area (Å²) in [4.78, 5) is 13.5. The van der Waals surface area contributed by atoms with Gasteiger partial charge in [0.25, 0.3) is 0 Å². The van der Waals surface area contributed by atoms with Crippen molar-refractivity contribution in [3.63, 3.8) is 0 Å². The first-order chi connectivity index (χ1) is 11.1. The van der Waals surface area contributed by atoms with Crippen LogP contribution in [0.2, 0.25) is 5.02 Å². The molecule has 0 saturated carbocycles. The van der Waals surface area contributed by atoms with E-state index in [9.17, 15) is 9.90 Å². The van der Waals surface area contributed by atoms with Crippen molar-refractivity contribution in [3.8, 4) is 11.5 Å². The first kappa shape index (κ1) is 14.3. The Hall–Kier alpha value is -2.25. The van der Waals surface area contributed by atoms with Gasteiger partial charge in [0.05, 0.1) is 16.9 Å². The Balaban J connectivity index is 1.62. The molecule has 7 nitrogen and oxygen atoms in total. The van der Waals surface area contributed by atoms with Crippen molar-refractivity contribution in [2.24, 2.45) is 0 Å². The van der Waals surface area contributed by atoms with E-state index in [0.29, 0.717) is 48.4 Å². The molecule has 0 amide bonds. The Labute approximate surface area is 136 Å². The first-order valence-electron chi connectivity index (χ1n) is 7.20. The molecule has 0 radical (unpaired) electrons. The van der Waals surface area contributed by atoms with Gasteiger partial charge in [0.2, 0.25) is 0 Å². The molecular weight excluding hydrogens is 322 g/mol. The second-order valence-electron chi connectivity index (χ2n) is 5.55. The van der Waals surface area contributed by atoms with Crippen LogP contribution in [0, 0.1) is 0 Å². The number of benzene rings is 1. The van der Waals surface area contributed by atoms with E-state index in [1.807, 2.05) is 11.0 Å². The maximum absolute atomic E-state index is 11.6. The van der Waals surface area contributed by atoms with Crippen molar-refractivity contribution in [3.05, 3.63) is 40.2 Å². The number of rotatable bonds is 3. The van der Waals surface area contributed by atoms with Gasteiger partial charge in [0.1, 0.15) is 19.3 Å². The van der Waals surface area contributed by atoms with Gasteiger partial charge in [-0.05, 0) is 17.7 Å². The van der Waals surface area contributed by atoms with E-state index in [1.165, 1.54) is 0 Å². The van der Waals surface area contributed by atoms with Crippen LogP contribution in [0.25, 0.3) is 0 Å². The Morgan fingerprint density at radius 3 is 3.09 bits per heavy atom. The minimum atomic E-state index is -0.895. The average molecular weight is 336 g/mol. The predicted octanol–water partition coefficient (Wildman–Crippen LogP) is 1.98. The van der Waals surface area contributed by atoms with Gasteiger partial charge in [-0.25, -0.2) is 0 Å². The van der Waals surface area contributed by atoms with E-state index in [1.54, 1.807) is 12.3 Å². The summed E-state index contributed by atoms with van der Waals surface area (Å²) in [5, 5.41) is 16.8. The summed E-state index contributed by atoms with van der Waals surface area (Å²) in [5.74, 6) is 0.256. The standard InChI is InChI=1S/C15H14ClN3O4/c16-10-3-8(4-12-14(10)23-2-1-22-12)6-19-7-11-9(5-17-18-11)13(19)15(20)21/h3-5,13H,1-2,6-7H2,(H,17,18)(H,20,21). The van der Waals surface area contributed by atoms with Crippen LogP contribution in [0.1, 0.15) is 22.9 Å². The number of nitrogens with zero attached hydrogens (tertiary/aromatic N) is 2. The molecule has 23 heavy (non-hydrogen) atoms. The number of halogens is 1. The summed E-state index contributed by atoms with van der Waals surface area (Å²) in [6.45, 7) is 1.89. The summed E-state index contributed by atoms with van der Waals surface area (Å²) in [7, 11) is 0. The van der Waals surface area contributed by atoms with Crippen molar-refractivity contribution in [1.29, 1.82) is 0 Å². The highest BCUT2D eigenvalue weighted by Gasteiger charge is 2.37. The fraction of sp³-hybridized carbons (Fsp3) is 0.333. The lowest BCUT2D eigenvalue weighted by atomic mass is 10.1. The third kappa shape index (κ3) is 2.42. The Morgan fingerprint density at radius 1 is 1.43 bits per heavy atom. The number of H-pyrrole nitrogens is 1. The molecule has 1 atom stereocenters. The van der Waals surface area contributed by atoms with Crippen LogP contribution in [0.5, 0.6) is 11.5 Å². The number of aromatic amines is 1. The predicted molar refractivity (Wildman–Crippen MR) is 80.7 cm³/mol. The van der Waals surface area contributed by atoms with Gasteiger partial charge in [-0.1, -0.05) is 11.6 Å². The normalized spacial score (nSPS) is 19.6. The molecule has 0 spiro atoms. The second kappa shape index (κ2) is 5.43. The number of aromatic nitrogens is 2. The van der Waals surface area contributed by atoms with Crippen LogP contribution in [-0.4, -0.2) is 39.4 Å². The molecule has 3 heterocycles. The zero-order valence-electron chi connectivity index (χ0n) is 12.1. The molecule has 2 aliphatic heterocycles. The first-order valence-corrected chi connectivity index (χ1v) is 7.58. The van der Waals surface area contributed by atoms with Crippen molar-refractivity contribution in [2.45, 2.75) is 19.1 Å². The summed E-state index contributed by atoms with van der Waals surface area (Å²) < 4.78 is 11.1. The van der Waals surface area contributed by atoms with Crippen molar-refractivity contribution in [2.75, 3.05) is 13.2 Å². The monoisotopic (exact) mass is 335 g/mol. The SMILES string of the molecule is O=C(O)C1c2cn[nH]c2CN1Cc1cc(Cl)c2c(c1)OCCO2. The Morgan fingerprint density at radius 2 is 2.26 bits per heavy atom. The van der Waals surface area contributed by atoms with Gasteiger partial charge >= 0.3 is 5.97 Å². The molecule has 8 heteroatoms. The number of hydrogen-bond donors (Lipinski definition) is 2. The summed E-state index contributed by atoms with van der Waals surface area (Å²) in [6.07, 6.45) is 1.57. The van der Waals surface area contributed by atoms with Gasteiger partial charge in [-0.3, -0.25) is 14.8 Å². The number of carboxylic acid groups (broad SMARTS) is 1. The Kier molecular flexibility index (Phi) is 3.39. The van der Waals surface area contributed by atoms with E-state index in [-0.39, 0.29) is 0 Å². The zero-order valence-corrected chi connectivity index (χ0v) is 12.8. The second-order valence-corrected chi connectivity index (χ2v) is 5.96. The van der Waals surface area contributed by atoms with Gasteiger partial charge in [0.15, 0.2) is 11.5 Å². The molecule has 2 aliphatic rings. The van der Waals surface area contributed by atoms with E-state index in [0.717, 1.165) is 11.3 Å². The van der Waals surface area contributed by atoms with Gasteiger partial charge in [0, 0.05) is 18.7 Å². The number of aliphatic carboxylic acids is 1. The van der Waals surface area contributed by atoms with Crippen LogP contribution >= 0.6 is 11.6 Å². The Bertz CT molecular complexity index is 776. The highest BCUT2D eigenvalue weighted by molar-refractivity contribution is 6.32. The smallest absolute Gasteiger partial charge is 0.325 e. The highest BCUT2D eigenvalue weighted by atomic mass is 35.5. The lowest BCUT2D eigenvalue weighted by Crippen LogP contribution is -2.28. The summed E-state index contributed by atoms with van der Waals surface area (Å²) >= 11 is 6.24. The number of nitrogens with one attached hydrogen (secondary N) is 1. The van der Waals surface area contributed by atoms with Gasteiger partial charge in [-0.2, -0.15) is 5.10 Å². The van der Waals surface area contributed by atoms with Crippen LogP contribution in [-0.2, 0) is 17.9 Å². The molecule has 2 aromatic rings. The van der Waals surface area contributed by atoms with E-state index in [4.69, 9.17) is 21.1 Å². The van der Waals surface area contributed by atoms with E-state index < -0.39 is 12.0 Å². The van der Waals surface area contributed by atoms with Gasteiger partial charge in [-0.15, -0.1) is 0 Å². The maximum Gasteiger partial charge on any atom is 0.325 e. The average Bonchev–Trinajstić information content (AvgIpc) is 3.07. The van der Waals surface area contributed by atoms with E-state index in [2.05, 4.69) is 10.2 Å². The number of fused-ring (bicyclic) bond motifs is 2. The van der Waals surface area contributed by atoms with Gasteiger partial charge < -0.3 is 14.6 Å². The van der Waals surface area contributed by atoms with Crippen LogP contribution in [0.15, 0.2) is 18.3 Å². The van der Waals surface area contributed by atoms with Crippen LogP contribution in [0.3, 0.4) is 0 Å². The molecule has 1 aromatic heterocycles. The zero-order chi connectivity index (χ0) is 16.0. The fourth-order valence-electron chi connectivity index (χ4n) is 3.10. The molecule has 0 fully saturated rings.